The number of imidazole rings is 1. The molecular weight excluding hydrogens is 264 g/mol. The zero-order chi connectivity index (χ0) is 15.1. The second-order valence-corrected chi connectivity index (χ2v) is 5.09. The van der Waals surface area contributed by atoms with Gasteiger partial charge in [0.1, 0.15) is 11.6 Å². The van der Waals surface area contributed by atoms with E-state index in [0.29, 0.717) is 6.61 Å². The average molecular weight is 288 g/mol. The van der Waals surface area contributed by atoms with Gasteiger partial charge in [0.25, 0.3) is 0 Å². The maximum Gasteiger partial charge on any atom is 0.137 e. The molecule has 114 valence electrons. The summed E-state index contributed by atoms with van der Waals surface area (Å²) in [6, 6.07) is 2.08. The van der Waals surface area contributed by atoms with Crippen molar-refractivity contribution in [3.05, 3.63) is 42.2 Å². The summed E-state index contributed by atoms with van der Waals surface area (Å²) in [6.07, 6.45) is 9.47. The van der Waals surface area contributed by atoms with Gasteiger partial charge in [-0.25, -0.2) is 4.98 Å². The molecule has 0 aliphatic heterocycles. The molecule has 2 heterocycles. The molecule has 0 saturated heterocycles. The molecule has 0 amide bonds. The van der Waals surface area contributed by atoms with Crippen LogP contribution in [0.2, 0.25) is 0 Å². The summed E-state index contributed by atoms with van der Waals surface area (Å²) in [5.74, 6) is 1.80. The summed E-state index contributed by atoms with van der Waals surface area (Å²) in [6.45, 7) is 5.89. The fraction of sp³-hybridized carbons (Fsp3) is 0.500. The Morgan fingerprint density at radius 1 is 1.29 bits per heavy atom. The summed E-state index contributed by atoms with van der Waals surface area (Å²) >= 11 is 0. The Bertz CT molecular complexity index is 553. The molecule has 2 aromatic heterocycles. The van der Waals surface area contributed by atoms with Gasteiger partial charge < -0.3 is 14.6 Å². The number of hydrogen-bond acceptors (Lipinski definition) is 4. The Kier molecular flexibility index (Phi) is 5.75. The van der Waals surface area contributed by atoms with Crippen LogP contribution in [0.25, 0.3) is 0 Å². The second kappa shape index (κ2) is 7.78. The first-order valence-corrected chi connectivity index (χ1v) is 7.54. The first kappa shape index (κ1) is 15.5. The number of aryl methyl sites for hydroxylation is 1. The number of nitrogens with zero attached hydrogens (tertiary/aromatic N) is 3. The molecule has 0 aromatic carbocycles. The topological polar surface area (TPSA) is 52.0 Å². The molecule has 1 atom stereocenters. The summed E-state index contributed by atoms with van der Waals surface area (Å²) in [4.78, 5) is 8.77. The van der Waals surface area contributed by atoms with E-state index in [0.717, 1.165) is 36.5 Å². The van der Waals surface area contributed by atoms with Crippen LogP contribution in [-0.2, 0) is 7.05 Å². The van der Waals surface area contributed by atoms with Crippen molar-refractivity contribution >= 4 is 0 Å². The molecule has 1 unspecified atom stereocenters. The smallest absolute Gasteiger partial charge is 0.137 e. The van der Waals surface area contributed by atoms with Gasteiger partial charge in [-0.3, -0.25) is 4.98 Å². The lowest BCUT2D eigenvalue weighted by atomic mass is 10.1. The van der Waals surface area contributed by atoms with E-state index in [4.69, 9.17) is 4.74 Å². The first-order valence-electron chi connectivity index (χ1n) is 7.54. The Balaban J connectivity index is 2.26. The van der Waals surface area contributed by atoms with E-state index in [1.165, 1.54) is 0 Å². The lowest BCUT2D eigenvalue weighted by Crippen LogP contribution is -2.26. The van der Waals surface area contributed by atoms with Crippen molar-refractivity contribution in [1.82, 2.24) is 19.9 Å². The minimum absolute atomic E-state index is 0.0302. The molecule has 0 radical (unpaired) electrons. The molecule has 5 nitrogen and oxygen atoms in total. The quantitative estimate of drug-likeness (QED) is 0.811. The van der Waals surface area contributed by atoms with Gasteiger partial charge >= 0.3 is 0 Å². The highest BCUT2D eigenvalue weighted by Gasteiger charge is 2.18. The number of pyridine rings is 1. The molecule has 21 heavy (non-hydrogen) atoms. The molecule has 0 fully saturated rings. The van der Waals surface area contributed by atoms with E-state index in [2.05, 4.69) is 29.1 Å². The third kappa shape index (κ3) is 4.04. The maximum atomic E-state index is 5.68. The van der Waals surface area contributed by atoms with E-state index >= 15 is 0 Å². The van der Waals surface area contributed by atoms with Crippen LogP contribution in [-0.4, -0.2) is 27.7 Å². The Morgan fingerprint density at radius 2 is 2.14 bits per heavy atom. The van der Waals surface area contributed by atoms with Crippen molar-refractivity contribution in [2.24, 2.45) is 7.05 Å². The molecule has 0 aliphatic carbocycles. The summed E-state index contributed by atoms with van der Waals surface area (Å²) in [5, 5.41) is 3.53. The van der Waals surface area contributed by atoms with Gasteiger partial charge in [0.05, 0.1) is 18.8 Å². The molecular formula is C16H24N4O. The van der Waals surface area contributed by atoms with Crippen LogP contribution < -0.4 is 10.1 Å². The monoisotopic (exact) mass is 288 g/mol. The molecule has 5 heteroatoms. The highest BCUT2D eigenvalue weighted by Crippen LogP contribution is 2.23. The number of rotatable bonds is 8. The van der Waals surface area contributed by atoms with Crippen LogP contribution in [0, 0.1) is 0 Å². The lowest BCUT2D eigenvalue weighted by Gasteiger charge is -2.19. The van der Waals surface area contributed by atoms with E-state index in [1.807, 2.05) is 36.3 Å². The third-order valence-electron chi connectivity index (χ3n) is 3.26. The minimum atomic E-state index is 0.0302. The minimum Gasteiger partial charge on any atom is -0.492 e. The fourth-order valence-corrected chi connectivity index (χ4v) is 2.19. The van der Waals surface area contributed by atoms with Gasteiger partial charge in [0, 0.05) is 25.6 Å². The molecule has 0 bridgehead atoms. The van der Waals surface area contributed by atoms with Crippen molar-refractivity contribution in [2.75, 3.05) is 13.2 Å². The summed E-state index contributed by atoms with van der Waals surface area (Å²) in [5.41, 5.74) is 1.08. The summed E-state index contributed by atoms with van der Waals surface area (Å²) in [7, 11) is 2.01. The molecule has 0 aliphatic rings. The van der Waals surface area contributed by atoms with Gasteiger partial charge in [-0.15, -0.1) is 0 Å². The van der Waals surface area contributed by atoms with E-state index in [9.17, 15) is 0 Å². The van der Waals surface area contributed by atoms with E-state index in [-0.39, 0.29) is 6.04 Å². The predicted octanol–water partition coefficient (Wildman–Crippen LogP) is 2.69. The first-order chi connectivity index (χ1) is 10.3. The van der Waals surface area contributed by atoms with Crippen molar-refractivity contribution in [1.29, 1.82) is 0 Å². The Labute approximate surface area is 126 Å². The number of hydrogen-bond donors (Lipinski definition) is 1. The SMILES string of the molecule is CCCNC(c1cncc(OCCC)c1)c1nccn1C. The van der Waals surface area contributed by atoms with Crippen LogP contribution in [0.3, 0.4) is 0 Å². The lowest BCUT2D eigenvalue weighted by molar-refractivity contribution is 0.315. The zero-order valence-electron chi connectivity index (χ0n) is 13.0. The second-order valence-electron chi connectivity index (χ2n) is 5.09. The van der Waals surface area contributed by atoms with Crippen molar-refractivity contribution in [2.45, 2.75) is 32.7 Å². The van der Waals surface area contributed by atoms with Crippen LogP contribution in [0.4, 0.5) is 0 Å². The Morgan fingerprint density at radius 3 is 2.81 bits per heavy atom. The summed E-state index contributed by atoms with van der Waals surface area (Å²) < 4.78 is 7.72. The molecule has 2 rings (SSSR count). The number of nitrogens with one attached hydrogen (secondary N) is 1. The third-order valence-corrected chi connectivity index (χ3v) is 3.26. The van der Waals surface area contributed by atoms with Crippen molar-refractivity contribution in [3.63, 3.8) is 0 Å². The van der Waals surface area contributed by atoms with Crippen LogP contribution in [0.1, 0.15) is 44.1 Å². The normalized spacial score (nSPS) is 12.3. The van der Waals surface area contributed by atoms with Gasteiger partial charge in [-0.2, -0.15) is 0 Å². The Hall–Kier alpha value is -1.88. The standard InChI is InChI=1S/C16H24N4O/c1-4-6-18-15(16-19-7-8-20(16)3)13-10-14(12-17-11-13)21-9-5-2/h7-8,10-12,15,18H,4-6,9H2,1-3H3. The molecule has 2 aromatic rings. The van der Waals surface area contributed by atoms with Crippen LogP contribution >= 0.6 is 0 Å². The highest BCUT2D eigenvalue weighted by atomic mass is 16.5. The molecule has 0 saturated carbocycles. The van der Waals surface area contributed by atoms with Crippen LogP contribution in [0.5, 0.6) is 5.75 Å². The van der Waals surface area contributed by atoms with Crippen molar-refractivity contribution < 1.29 is 4.74 Å². The van der Waals surface area contributed by atoms with Gasteiger partial charge in [0.15, 0.2) is 0 Å². The fourth-order valence-electron chi connectivity index (χ4n) is 2.19. The number of aromatic nitrogens is 3. The van der Waals surface area contributed by atoms with E-state index in [1.54, 1.807) is 6.20 Å². The van der Waals surface area contributed by atoms with E-state index < -0.39 is 0 Å². The number of ether oxygens (including phenoxy) is 1. The highest BCUT2D eigenvalue weighted by molar-refractivity contribution is 5.29. The largest absolute Gasteiger partial charge is 0.492 e. The molecule has 0 spiro atoms. The molecule has 1 N–H and O–H groups in total. The zero-order valence-corrected chi connectivity index (χ0v) is 13.0. The van der Waals surface area contributed by atoms with Crippen LogP contribution in [0.15, 0.2) is 30.9 Å². The predicted molar refractivity (Wildman–Crippen MR) is 83.4 cm³/mol. The average Bonchev–Trinajstić information content (AvgIpc) is 2.92. The van der Waals surface area contributed by atoms with Gasteiger partial charge in [-0.1, -0.05) is 13.8 Å². The maximum absolute atomic E-state index is 5.68. The van der Waals surface area contributed by atoms with Gasteiger partial charge in [-0.05, 0) is 31.0 Å². The van der Waals surface area contributed by atoms with Crippen molar-refractivity contribution in [3.8, 4) is 5.75 Å². The van der Waals surface area contributed by atoms with Gasteiger partial charge in [0.2, 0.25) is 0 Å².